The Bertz CT molecular complexity index is 300. The van der Waals surface area contributed by atoms with Crippen LogP contribution in [0.5, 0.6) is 0 Å². The minimum atomic E-state index is -2.99. The molecule has 13 heavy (non-hydrogen) atoms. The van der Waals surface area contributed by atoms with Gasteiger partial charge in [0, 0.05) is 5.38 Å². The minimum absolute atomic E-state index is 0.224. The Labute approximate surface area is 77.8 Å². The van der Waals surface area contributed by atoms with Crippen LogP contribution in [0.25, 0.3) is 0 Å². The molecule has 1 amide bonds. The van der Waals surface area contributed by atoms with Crippen LogP contribution in [0.4, 0.5) is 13.9 Å². The molecule has 1 heterocycles. The standard InChI is InChI=1S/C7H8F2N2OS/c1-2-4-3-13-7(10-4)11-6(12)5(8)9/h3,5H,2H2,1H3,(H,10,11,12). The summed E-state index contributed by atoms with van der Waals surface area (Å²) >= 11 is 1.14. The van der Waals surface area contributed by atoms with Crippen molar-refractivity contribution in [3.8, 4) is 0 Å². The molecule has 0 aliphatic carbocycles. The van der Waals surface area contributed by atoms with E-state index in [0.717, 1.165) is 23.5 Å². The number of carbonyl (C=O) groups is 1. The summed E-state index contributed by atoms with van der Waals surface area (Å²) in [5.41, 5.74) is 0.787. The topological polar surface area (TPSA) is 42.0 Å². The molecule has 0 spiro atoms. The average Bonchev–Trinajstić information content (AvgIpc) is 2.52. The van der Waals surface area contributed by atoms with E-state index in [2.05, 4.69) is 4.98 Å². The fourth-order valence-electron chi connectivity index (χ4n) is 0.687. The van der Waals surface area contributed by atoms with E-state index >= 15 is 0 Å². The summed E-state index contributed by atoms with van der Waals surface area (Å²) in [7, 11) is 0. The van der Waals surface area contributed by atoms with Crippen LogP contribution in [-0.4, -0.2) is 17.3 Å². The van der Waals surface area contributed by atoms with E-state index in [-0.39, 0.29) is 5.13 Å². The number of hydrogen-bond acceptors (Lipinski definition) is 3. The summed E-state index contributed by atoms with van der Waals surface area (Å²) in [6.45, 7) is 1.90. The van der Waals surface area contributed by atoms with Crippen molar-refractivity contribution in [1.29, 1.82) is 0 Å². The first-order valence-electron chi connectivity index (χ1n) is 3.67. The third-order valence-corrected chi connectivity index (χ3v) is 2.15. The number of nitrogens with zero attached hydrogens (tertiary/aromatic N) is 1. The number of aryl methyl sites for hydroxylation is 1. The summed E-state index contributed by atoms with van der Waals surface area (Å²) in [4.78, 5) is 14.4. The molecule has 6 heteroatoms. The molecule has 3 nitrogen and oxygen atoms in total. The molecule has 0 saturated heterocycles. The molecule has 1 aromatic heterocycles. The highest BCUT2D eigenvalue weighted by molar-refractivity contribution is 7.13. The fraction of sp³-hybridized carbons (Fsp3) is 0.429. The molecule has 0 aromatic carbocycles. The summed E-state index contributed by atoms with van der Waals surface area (Å²) in [5.74, 6) is -1.31. The van der Waals surface area contributed by atoms with Crippen molar-refractivity contribution in [3.63, 3.8) is 0 Å². The number of amides is 1. The number of rotatable bonds is 3. The summed E-state index contributed by atoms with van der Waals surface area (Å²) in [5, 5.41) is 3.96. The van der Waals surface area contributed by atoms with E-state index in [1.165, 1.54) is 0 Å². The zero-order valence-corrected chi connectivity index (χ0v) is 7.70. The van der Waals surface area contributed by atoms with Crippen LogP contribution < -0.4 is 5.32 Å². The molecule has 1 N–H and O–H groups in total. The number of alkyl halides is 2. The Morgan fingerprint density at radius 1 is 1.77 bits per heavy atom. The molecule has 0 radical (unpaired) electrons. The Kier molecular flexibility index (Phi) is 3.30. The molecular formula is C7H8F2N2OS. The maximum absolute atomic E-state index is 11.8. The van der Waals surface area contributed by atoms with E-state index in [0.29, 0.717) is 0 Å². The van der Waals surface area contributed by atoms with Gasteiger partial charge in [-0.05, 0) is 6.42 Å². The van der Waals surface area contributed by atoms with Crippen LogP contribution in [0, 0.1) is 0 Å². The quantitative estimate of drug-likeness (QED) is 0.820. The number of carbonyl (C=O) groups excluding carboxylic acids is 1. The molecule has 1 aromatic rings. The first-order chi connectivity index (χ1) is 6.13. The lowest BCUT2D eigenvalue weighted by Crippen LogP contribution is -2.19. The van der Waals surface area contributed by atoms with Gasteiger partial charge in [-0.15, -0.1) is 11.3 Å². The number of thiazole rings is 1. The number of halogens is 2. The molecule has 0 aliphatic rings. The van der Waals surface area contributed by atoms with Crippen LogP contribution in [-0.2, 0) is 11.2 Å². The molecule has 0 fully saturated rings. The van der Waals surface area contributed by atoms with Crippen molar-refractivity contribution in [3.05, 3.63) is 11.1 Å². The zero-order chi connectivity index (χ0) is 9.84. The molecule has 72 valence electrons. The van der Waals surface area contributed by atoms with Crippen LogP contribution in [0.2, 0.25) is 0 Å². The monoisotopic (exact) mass is 206 g/mol. The Balaban J connectivity index is 2.59. The second-order valence-electron chi connectivity index (χ2n) is 2.29. The molecule has 0 aliphatic heterocycles. The molecule has 0 saturated carbocycles. The lowest BCUT2D eigenvalue weighted by atomic mass is 10.4. The maximum Gasteiger partial charge on any atom is 0.315 e. The van der Waals surface area contributed by atoms with Gasteiger partial charge in [0.1, 0.15) is 0 Å². The van der Waals surface area contributed by atoms with Crippen molar-refractivity contribution in [2.75, 3.05) is 5.32 Å². The van der Waals surface area contributed by atoms with Crippen LogP contribution in [0.1, 0.15) is 12.6 Å². The van der Waals surface area contributed by atoms with E-state index in [1.54, 1.807) is 5.38 Å². The number of aromatic nitrogens is 1. The predicted octanol–water partition coefficient (Wildman–Crippen LogP) is 1.91. The number of hydrogen-bond donors (Lipinski definition) is 1. The van der Waals surface area contributed by atoms with Gasteiger partial charge >= 0.3 is 6.43 Å². The van der Waals surface area contributed by atoms with Crippen molar-refractivity contribution in [2.24, 2.45) is 0 Å². The zero-order valence-electron chi connectivity index (χ0n) is 6.88. The summed E-state index contributed by atoms with van der Waals surface area (Å²) in [6, 6.07) is 0. The van der Waals surface area contributed by atoms with Gasteiger partial charge in [0.05, 0.1) is 5.69 Å². The van der Waals surface area contributed by atoms with Gasteiger partial charge in [0.15, 0.2) is 5.13 Å². The van der Waals surface area contributed by atoms with Gasteiger partial charge in [-0.1, -0.05) is 6.92 Å². The minimum Gasteiger partial charge on any atom is -0.297 e. The predicted molar refractivity (Wildman–Crippen MR) is 46.1 cm³/mol. The van der Waals surface area contributed by atoms with Crippen molar-refractivity contribution in [2.45, 2.75) is 19.8 Å². The van der Waals surface area contributed by atoms with Crippen molar-refractivity contribution < 1.29 is 13.6 Å². The average molecular weight is 206 g/mol. The second-order valence-corrected chi connectivity index (χ2v) is 3.15. The first-order valence-corrected chi connectivity index (χ1v) is 4.55. The highest BCUT2D eigenvalue weighted by Gasteiger charge is 2.16. The molecule has 0 bridgehead atoms. The van der Waals surface area contributed by atoms with Gasteiger partial charge in [-0.25, -0.2) is 4.98 Å². The number of anilines is 1. The summed E-state index contributed by atoms with van der Waals surface area (Å²) < 4.78 is 23.5. The van der Waals surface area contributed by atoms with E-state index in [9.17, 15) is 13.6 Å². The second kappa shape index (κ2) is 4.27. The van der Waals surface area contributed by atoms with Crippen LogP contribution >= 0.6 is 11.3 Å². The highest BCUT2D eigenvalue weighted by Crippen LogP contribution is 2.16. The van der Waals surface area contributed by atoms with Gasteiger partial charge in [0.2, 0.25) is 0 Å². The van der Waals surface area contributed by atoms with E-state index in [4.69, 9.17) is 0 Å². The lowest BCUT2D eigenvalue weighted by Gasteiger charge is -1.97. The fourth-order valence-corrected chi connectivity index (χ4v) is 1.48. The first kappa shape index (κ1) is 10.0. The third kappa shape index (κ3) is 2.73. The van der Waals surface area contributed by atoms with Crippen LogP contribution in [0.3, 0.4) is 0 Å². The van der Waals surface area contributed by atoms with E-state index in [1.807, 2.05) is 12.2 Å². The SMILES string of the molecule is CCc1csc(NC(=O)C(F)F)n1. The van der Waals surface area contributed by atoms with Gasteiger partial charge < -0.3 is 0 Å². The van der Waals surface area contributed by atoms with Gasteiger partial charge in [-0.2, -0.15) is 8.78 Å². The van der Waals surface area contributed by atoms with Gasteiger partial charge in [-0.3, -0.25) is 10.1 Å². The van der Waals surface area contributed by atoms with Crippen molar-refractivity contribution >= 4 is 22.4 Å². The largest absolute Gasteiger partial charge is 0.315 e. The Hall–Kier alpha value is -1.04. The smallest absolute Gasteiger partial charge is 0.297 e. The molecule has 1 rings (SSSR count). The van der Waals surface area contributed by atoms with Crippen LogP contribution in [0.15, 0.2) is 5.38 Å². The van der Waals surface area contributed by atoms with Crippen molar-refractivity contribution in [1.82, 2.24) is 4.98 Å². The highest BCUT2D eigenvalue weighted by atomic mass is 32.1. The lowest BCUT2D eigenvalue weighted by molar-refractivity contribution is -0.126. The Morgan fingerprint density at radius 3 is 2.92 bits per heavy atom. The van der Waals surface area contributed by atoms with Gasteiger partial charge in [0.25, 0.3) is 5.91 Å². The summed E-state index contributed by atoms with van der Waals surface area (Å²) in [6.07, 6.45) is -2.27. The normalized spacial score (nSPS) is 10.5. The maximum atomic E-state index is 11.8. The van der Waals surface area contributed by atoms with E-state index < -0.39 is 12.3 Å². The molecule has 0 atom stereocenters. The molecule has 0 unspecified atom stereocenters. The Morgan fingerprint density at radius 2 is 2.46 bits per heavy atom. The third-order valence-electron chi connectivity index (χ3n) is 1.34. The molecular weight excluding hydrogens is 198 g/mol. The number of nitrogens with one attached hydrogen (secondary N) is 1.